The lowest BCUT2D eigenvalue weighted by molar-refractivity contribution is 0.0652. The fraction of sp³-hybridized carbons (Fsp3) is 0.250. The van der Waals surface area contributed by atoms with Gasteiger partial charge in [-0.2, -0.15) is 0 Å². The van der Waals surface area contributed by atoms with E-state index in [1.54, 1.807) is 24.3 Å². The number of rotatable bonds is 7. The number of aromatic nitrogens is 1. The van der Waals surface area contributed by atoms with Crippen LogP contribution in [0.4, 0.5) is 0 Å². The molecule has 3 aromatic rings. The molecule has 4 rings (SSSR count). The van der Waals surface area contributed by atoms with Gasteiger partial charge in [0, 0.05) is 6.54 Å². The van der Waals surface area contributed by atoms with Crippen LogP contribution < -0.4 is 10.2 Å². The van der Waals surface area contributed by atoms with E-state index in [4.69, 9.17) is 0 Å². The molecule has 0 atom stereocenters. The quantitative estimate of drug-likeness (QED) is 0.486. The third kappa shape index (κ3) is 3.43. The predicted octanol–water partition coefficient (Wildman–Crippen LogP) is 2.41. The summed E-state index contributed by atoms with van der Waals surface area (Å²) < 4.78 is 1.01. The Labute approximate surface area is 159 Å². The van der Waals surface area contributed by atoms with Gasteiger partial charge in [-0.05, 0) is 49.7 Å². The second-order valence-electron chi connectivity index (χ2n) is 6.47. The van der Waals surface area contributed by atoms with Crippen molar-refractivity contribution in [1.82, 2.24) is 15.2 Å². The van der Waals surface area contributed by atoms with Crippen molar-refractivity contribution in [3.63, 3.8) is 0 Å². The molecule has 2 N–H and O–H groups in total. The zero-order chi connectivity index (χ0) is 18.8. The van der Waals surface area contributed by atoms with Gasteiger partial charge in [0.05, 0.1) is 21.3 Å². The highest BCUT2D eigenvalue weighted by Crippen LogP contribution is 2.22. The van der Waals surface area contributed by atoms with Gasteiger partial charge in [0.1, 0.15) is 0 Å². The summed E-state index contributed by atoms with van der Waals surface area (Å²) in [5.74, 6) is -0.408. The average molecular weight is 381 g/mol. The summed E-state index contributed by atoms with van der Waals surface area (Å²) in [6.45, 7) is 1.90. The second kappa shape index (κ2) is 7.46. The van der Waals surface area contributed by atoms with Crippen LogP contribution >= 0.6 is 11.3 Å². The van der Waals surface area contributed by atoms with Crippen LogP contribution in [0.5, 0.6) is 0 Å². The highest BCUT2D eigenvalue weighted by Gasteiger charge is 2.34. The summed E-state index contributed by atoms with van der Waals surface area (Å²) in [7, 11) is 0. The molecule has 27 heavy (non-hydrogen) atoms. The summed E-state index contributed by atoms with van der Waals surface area (Å²) in [5, 5.41) is 3.35. The second-order valence-corrected chi connectivity index (χ2v) is 7.45. The van der Waals surface area contributed by atoms with Gasteiger partial charge < -0.3 is 10.3 Å². The first-order valence-electron chi connectivity index (χ1n) is 8.92. The molecule has 0 unspecified atom stereocenters. The van der Waals surface area contributed by atoms with Crippen LogP contribution in [0, 0.1) is 0 Å². The smallest absolute Gasteiger partial charge is 0.305 e. The molecule has 2 aromatic carbocycles. The average Bonchev–Trinajstić information content (AvgIpc) is 3.17. The minimum absolute atomic E-state index is 0.0358. The largest absolute Gasteiger partial charge is 0.316 e. The number of carbonyl (C=O) groups excluding carboxylic acids is 2. The predicted molar refractivity (Wildman–Crippen MR) is 105 cm³/mol. The standard InChI is InChI=1S/C20H19N3O3S/c24-18-14-6-1-2-7-15(14)19(25)23(18)12-4-10-21-11-9-13-5-3-8-16-17(13)27-20(26)22-16/h1-3,5-8,21H,4,9-12H2,(H,22,26). The molecule has 138 valence electrons. The van der Waals surface area contributed by atoms with Crippen molar-refractivity contribution in [3.8, 4) is 0 Å². The Bertz CT molecular complexity index is 1030. The molecule has 0 radical (unpaired) electrons. The van der Waals surface area contributed by atoms with Gasteiger partial charge in [-0.15, -0.1) is 0 Å². The van der Waals surface area contributed by atoms with Crippen LogP contribution in [-0.2, 0) is 6.42 Å². The number of aromatic amines is 1. The Kier molecular flexibility index (Phi) is 4.87. The number of hydrogen-bond acceptors (Lipinski definition) is 5. The number of benzene rings is 2. The van der Waals surface area contributed by atoms with E-state index in [-0.39, 0.29) is 16.7 Å². The van der Waals surface area contributed by atoms with Gasteiger partial charge in [-0.3, -0.25) is 19.3 Å². The molecule has 7 heteroatoms. The number of H-pyrrole nitrogens is 1. The number of carbonyl (C=O) groups is 2. The number of hydrogen-bond donors (Lipinski definition) is 2. The Morgan fingerprint density at radius 3 is 2.41 bits per heavy atom. The fourth-order valence-corrected chi connectivity index (χ4v) is 4.26. The maximum absolute atomic E-state index is 12.3. The number of thiazole rings is 1. The van der Waals surface area contributed by atoms with E-state index >= 15 is 0 Å². The van der Waals surface area contributed by atoms with E-state index in [0.717, 1.165) is 28.7 Å². The van der Waals surface area contributed by atoms with E-state index in [2.05, 4.69) is 10.3 Å². The number of nitrogens with zero attached hydrogens (tertiary/aromatic N) is 1. The van der Waals surface area contributed by atoms with E-state index in [1.165, 1.54) is 16.2 Å². The number of amides is 2. The third-order valence-corrected chi connectivity index (χ3v) is 5.69. The van der Waals surface area contributed by atoms with Gasteiger partial charge in [0.25, 0.3) is 11.8 Å². The molecule has 0 aliphatic carbocycles. The Morgan fingerprint density at radius 2 is 1.67 bits per heavy atom. The van der Waals surface area contributed by atoms with Crippen molar-refractivity contribution < 1.29 is 9.59 Å². The minimum Gasteiger partial charge on any atom is -0.316 e. The molecule has 1 aliphatic rings. The first kappa shape index (κ1) is 17.6. The normalized spacial score (nSPS) is 13.6. The minimum atomic E-state index is -0.204. The molecule has 2 heterocycles. The van der Waals surface area contributed by atoms with Crippen LogP contribution in [0.15, 0.2) is 47.3 Å². The third-order valence-electron chi connectivity index (χ3n) is 4.71. The van der Waals surface area contributed by atoms with E-state index in [9.17, 15) is 14.4 Å². The Morgan fingerprint density at radius 1 is 0.926 bits per heavy atom. The summed E-state index contributed by atoms with van der Waals surface area (Å²) >= 11 is 1.24. The Balaban J connectivity index is 1.25. The molecule has 1 aliphatic heterocycles. The zero-order valence-electron chi connectivity index (χ0n) is 14.7. The molecule has 6 nitrogen and oxygen atoms in total. The van der Waals surface area contributed by atoms with Gasteiger partial charge in [0.15, 0.2) is 0 Å². The number of nitrogens with one attached hydrogen (secondary N) is 2. The van der Waals surface area contributed by atoms with Crippen LogP contribution in [-0.4, -0.2) is 41.3 Å². The molecule has 0 bridgehead atoms. The first-order valence-corrected chi connectivity index (χ1v) is 9.73. The van der Waals surface area contributed by atoms with Crippen molar-refractivity contribution in [2.75, 3.05) is 19.6 Å². The molecule has 1 aromatic heterocycles. The molecule has 0 spiro atoms. The first-order chi connectivity index (χ1) is 13.1. The van der Waals surface area contributed by atoms with Crippen LogP contribution in [0.3, 0.4) is 0 Å². The summed E-state index contributed by atoms with van der Waals surface area (Å²) in [6.07, 6.45) is 1.52. The molecule has 0 saturated carbocycles. The van der Waals surface area contributed by atoms with E-state index in [0.29, 0.717) is 30.6 Å². The van der Waals surface area contributed by atoms with Crippen LogP contribution in [0.2, 0.25) is 0 Å². The van der Waals surface area contributed by atoms with Gasteiger partial charge >= 0.3 is 4.87 Å². The maximum atomic E-state index is 12.3. The van der Waals surface area contributed by atoms with Gasteiger partial charge in [0.2, 0.25) is 0 Å². The lowest BCUT2D eigenvalue weighted by atomic mass is 10.1. The topological polar surface area (TPSA) is 82.3 Å². The number of imide groups is 1. The zero-order valence-corrected chi connectivity index (χ0v) is 15.5. The van der Waals surface area contributed by atoms with Gasteiger partial charge in [-0.25, -0.2) is 0 Å². The molecule has 2 amide bonds. The highest BCUT2D eigenvalue weighted by molar-refractivity contribution is 7.16. The van der Waals surface area contributed by atoms with Crippen molar-refractivity contribution in [2.45, 2.75) is 12.8 Å². The lowest BCUT2D eigenvalue weighted by Crippen LogP contribution is -2.32. The summed E-state index contributed by atoms with van der Waals surface area (Å²) in [6, 6.07) is 12.8. The van der Waals surface area contributed by atoms with Gasteiger partial charge in [-0.1, -0.05) is 35.6 Å². The Hall–Kier alpha value is -2.77. The van der Waals surface area contributed by atoms with Crippen LogP contribution in [0.1, 0.15) is 32.7 Å². The fourth-order valence-electron chi connectivity index (χ4n) is 3.38. The number of fused-ring (bicyclic) bond motifs is 2. The summed E-state index contributed by atoms with van der Waals surface area (Å²) in [5.41, 5.74) is 3.01. The maximum Gasteiger partial charge on any atom is 0.305 e. The SMILES string of the molecule is O=C1c2ccccc2C(=O)N1CCCNCCc1cccc2[nH]c(=O)sc12. The molecule has 0 fully saturated rings. The summed E-state index contributed by atoms with van der Waals surface area (Å²) in [4.78, 5) is 40.2. The highest BCUT2D eigenvalue weighted by atomic mass is 32.1. The van der Waals surface area contributed by atoms with Crippen LogP contribution in [0.25, 0.3) is 10.2 Å². The van der Waals surface area contributed by atoms with Crippen molar-refractivity contribution in [1.29, 1.82) is 0 Å². The molecule has 0 saturated heterocycles. The van der Waals surface area contributed by atoms with Crippen molar-refractivity contribution in [3.05, 3.63) is 68.8 Å². The molecular weight excluding hydrogens is 362 g/mol. The van der Waals surface area contributed by atoms with E-state index in [1.807, 2.05) is 18.2 Å². The van der Waals surface area contributed by atoms with Crippen molar-refractivity contribution in [2.24, 2.45) is 0 Å². The van der Waals surface area contributed by atoms with Crippen molar-refractivity contribution >= 4 is 33.4 Å². The molecular formula is C20H19N3O3S. The lowest BCUT2D eigenvalue weighted by Gasteiger charge is -2.13. The monoisotopic (exact) mass is 381 g/mol. The van der Waals surface area contributed by atoms with E-state index < -0.39 is 0 Å².